The summed E-state index contributed by atoms with van der Waals surface area (Å²) in [6, 6.07) is 5.23. The number of hydrogen-bond donors (Lipinski definition) is 2. The van der Waals surface area contributed by atoms with E-state index in [0.29, 0.717) is 10.9 Å². The summed E-state index contributed by atoms with van der Waals surface area (Å²) in [4.78, 5) is 19.7. The Kier molecular flexibility index (Phi) is 4.79. The summed E-state index contributed by atoms with van der Waals surface area (Å²) in [6.07, 6.45) is 2.90. The Hall–Kier alpha value is -2.53. The van der Waals surface area contributed by atoms with E-state index in [1.54, 1.807) is 18.4 Å². The highest BCUT2D eigenvalue weighted by atomic mass is 32.2. The number of nitrogens with two attached hydrogens (primary N) is 1. The summed E-state index contributed by atoms with van der Waals surface area (Å²) in [7, 11) is 0. The molecule has 1 amide bonds. The zero-order valence-corrected chi connectivity index (χ0v) is 12.1. The second-order valence-corrected chi connectivity index (χ2v) is 5.10. The lowest BCUT2D eigenvalue weighted by Gasteiger charge is -2.10. The number of thioether (sulfide) groups is 1. The SMILES string of the molecule is C[C@H](NC(=O)CSc1ncc(C#N)c(N)n1)c1ccco1. The van der Waals surface area contributed by atoms with Crippen LogP contribution in [0.5, 0.6) is 0 Å². The maximum absolute atomic E-state index is 11.8. The third kappa shape index (κ3) is 3.97. The van der Waals surface area contributed by atoms with Crippen LogP contribution >= 0.6 is 11.8 Å². The number of nitrogens with one attached hydrogen (secondary N) is 1. The molecule has 108 valence electrons. The van der Waals surface area contributed by atoms with Crippen molar-refractivity contribution in [3.8, 4) is 6.07 Å². The molecule has 7 nitrogen and oxygen atoms in total. The number of furan rings is 1. The van der Waals surface area contributed by atoms with Gasteiger partial charge in [0.1, 0.15) is 23.2 Å². The van der Waals surface area contributed by atoms with Gasteiger partial charge in [-0.2, -0.15) is 5.26 Å². The fourth-order valence-corrected chi connectivity index (χ4v) is 2.19. The van der Waals surface area contributed by atoms with E-state index in [2.05, 4.69) is 15.3 Å². The molecule has 0 unspecified atom stereocenters. The van der Waals surface area contributed by atoms with Gasteiger partial charge in [-0.05, 0) is 19.1 Å². The zero-order valence-electron chi connectivity index (χ0n) is 11.2. The Bertz CT molecular complexity index is 666. The van der Waals surface area contributed by atoms with Crippen LogP contribution in [0.25, 0.3) is 0 Å². The van der Waals surface area contributed by atoms with Crippen molar-refractivity contribution >= 4 is 23.5 Å². The lowest BCUT2D eigenvalue weighted by atomic mass is 10.2. The number of nitriles is 1. The normalized spacial score (nSPS) is 11.6. The average Bonchev–Trinajstić information content (AvgIpc) is 2.99. The lowest BCUT2D eigenvalue weighted by molar-refractivity contribution is -0.119. The van der Waals surface area contributed by atoms with E-state index in [1.165, 1.54) is 6.20 Å². The topological polar surface area (TPSA) is 118 Å². The molecular formula is C13H13N5O2S. The minimum Gasteiger partial charge on any atom is -0.467 e. The first-order valence-corrected chi connectivity index (χ1v) is 7.07. The molecule has 0 aromatic carbocycles. The number of nitrogens with zero attached hydrogens (tertiary/aromatic N) is 3. The lowest BCUT2D eigenvalue weighted by Crippen LogP contribution is -2.28. The number of rotatable bonds is 5. The molecule has 3 N–H and O–H groups in total. The molecule has 0 bridgehead atoms. The van der Waals surface area contributed by atoms with Gasteiger partial charge in [-0.3, -0.25) is 4.79 Å². The number of hydrogen-bond acceptors (Lipinski definition) is 7. The van der Waals surface area contributed by atoms with Crippen LogP contribution < -0.4 is 11.1 Å². The van der Waals surface area contributed by atoms with E-state index >= 15 is 0 Å². The molecule has 0 radical (unpaired) electrons. The number of anilines is 1. The van der Waals surface area contributed by atoms with Gasteiger partial charge in [0.05, 0.1) is 24.3 Å². The molecule has 8 heteroatoms. The predicted molar refractivity (Wildman–Crippen MR) is 77.1 cm³/mol. The number of aromatic nitrogens is 2. The van der Waals surface area contributed by atoms with Crippen molar-refractivity contribution in [2.24, 2.45) is 0 Å². The zero-order chi connectivity index (χ0) is 15.2. The van der Waals surface area contributed by atoms with Crippen molar-refractivity contribution < 1.29 is 9.21 Å². The summed E-state index contributed by atoms with van der Waals surface area (Å²) in [6.45, 7) is 1.83. The Morgan fingerprint density at radius 1 is 1.67 bits per heavy atom. The molecule has 0 aliphatic carbocycles. The summed E-state index contributed by atoms with van der Waals surface area (Å²) in [5.41, 5.74) is 5.80. The fourth-order valence-electron chi connectivity index (χ4n) is 1.56. The van der Waals surface area contributed by atoms with Gasteiger partial charge in [-0.1, -0.05) is 11.8 Å². The van der Waals surface area contributed by atoms with Gasteiger partial charge >= 0.3 is 0 Å². The standard InChI is InChI=1S/C13H13N5O2S/c1-8(10-3-2-4-20-10)17-11(19)7-21-13-16-6-9(5-14)12(15)18-13/h2-4,6,8H,7H2,1H3,(H,17,19)(H2,15,16,18)/t8-/m0/s1. The second-order valence-electron chi connectivity index (χ2n) is 4.16. The minimum atomic E-state index is -0.208. The summed E-state index contributed by atoms with van der Waals surface area (Å²) in [5.74, 6) is 0.776. The first kappa shape index (κ1) is 14.9. The Balaban J connectivity index is 1.87. The van der Waals surface area contributed by atoms with E-state index in [9.17, 15) is 4.79 Å². The van der Waals surface area contributed by atoms with Crippen molar-refractivity contribution in [1.82, 2.24) is 15.3 Å². The van der Waals surface area contributed by atoms with Gasteiger partial charge in [-0.25, -0.2) is 9.97 Å². The first-order chi connectivity index (χ1) is 10.1. The monoisotopic (exact) mass is 303 g/mol. The molecule has 1 atom stereocenters. The van der Waals surface area contributed by atoms with Crippen molar-refractivity contribution in [2.75, 3.05) is 11.5 Å². The van der Waals surface area contributed by atoms with E-state index in [1.807, 2.05) is 13.0 Å². The Labute approximate surface area is 125 Å². The number of amides is 1. The van der Waals surface area contributed by atoms with Gasteiger partial charge in [0.25, 0.3) is 0 Å². The first-order valence-electron chi connectivity index (χ1n) is 6.08. The summed E-state index contributed by atoms with van der Waals surface area (Å²) < 4.78 is 5.21. The fraction of sp³-hybridized carbons (Fsp3) is 0.231. The molecule has 0 saturated heterocycles. The van der Waals surface area contributed by atoms with Crippen LogP contribution in [0, 0.1) is 11.3 Å². The van der Waals surface area contributed by atoms with Gasteiger partial charge in [0.15, 0.2) is 5.16 Å². The summed E-state index contributed by atoms with van der Waals surface area (Å²) in [5, 5.41) is 11.9. The largest absolute Gasteiger partial charge is 0.467 e. The Morgan fingerprint density at radius 3 is 3.10 bits per heavy atom. The Morgan fingerprint density at radius 2 is 2.48 bits per heavy atom. The number of carbonyl (C=O) groups excluding carboxylic acids is 1. The van der Waals surface area contributed by atoms with Crippen molar-refractivity contribution in [3.05, 3.63) is 35.9 Å². The molecule has 0 aliphatic rings. The highest BCUT2D eigenvalue weighted by Gasteiger charge is 2.13. The van der Waals surface area contributed by atoms with Gasteiger partial charge in [-0.15, -0.1) is 0 Å². The summed E-state index contributed by atoms with van der Waals surface area (Å²) >= 11 is 1.15. The van der Waals surface area contributed by atoms with Crippen molar-refractivity contribution in [1.29, 1.82) is 5.26 Å². The quantitative estimate of drug-likeness (QED) is 0.634. The van der Waals surface area contributed by atoms with Crippen molar-refractivity contribution in [2.45, 2.75) is 18.1 Å². The van der Waals surface area contributed by atoms with Gasteiger partial charge < -0.3 is 15.5 Å². The predicted octanol–water partition coefficient (Wildman–Crippen LogP) is 1.49. The molecule has 0 fully saturated rings. The van der Waals surface area contributed by atoms with Crippen LogP contribution in [-0.2, 0) is 4.79 Å². The minimum absolute atomic E-state index is 0.111. The molecule has 0 saturated carbocycles. The maximum atomic E-state index is 11.8. The molecule has 0 aliphatic heterocycles. The van der Waals surface area contributed by atoms with E-state index in [0.717, 1.165) is 11.8 Å². The van der Waals surface area contributed by atoms with Crippen LogP contribution in [0.2, 0.25) is 0 Å². The smallest absolute Gasteiger partial charge is 0.231 e. The second kappa shape index (κ2) is 6.76. The third-order valence-electron chi connectivity index (χ3n) is 2.60. The molecule has 0 spiro atoms. The molecule has 2 rings (SSSR count). The van der Waals surface area contributed by atoms with Crippen LogP contribution in [0.4, 0.5) is 5.82 Å². The van der Waals surface area contributed by atoms with E-state index in [4.69, 9.17) is 15.4 Å². The van der Waals surface area contributed by atoms with Crippen LogP contribution in [0.15, 0.2) is 34.2 Å². The van der Waals surface area contributed by atoms with Gasteiger partial charge in [0.2, 0.25) is 5.91 Å². The molecule has 2 heterocycles. The number of nitrogen functional groups attached to an aromatic ring is 1. The number of carbonyl (C=O) groups is 1. The van der Waals surface area contributed by atoms with Crippen LogP contribution in [-0.4, -0.2) is 21.6 Å². The highest BCUT2D eigenvalue weighted by Crippen LogP contribution is 2.17. The van der Waals surface area contributed by atoms with E-state index in [-0.39, 0.29) is 29.1 Å². The third-order valence-corrected chi connectivity index (χ3v) is 3.46. The highest BCUT2D eigenvalue weighted by molar-refractivity contribution is 7.99. The van der Waals surface area contributed by atoms with Crippen LogP contribution in [0.3, 0.4) is 0 Å². The molecule has 2 aromatic heterocycles. The molecule has 2 aromatic rings. The van der Waals surface area contributed by atoms with Crippen molar-refractivity contribution in [3.63, 3.8) is 0 Å². The molecule has 21 heavy (non-hydrogen) atoms. The molecular weight excluding hydrogens is 290 g/mol. The average molecular weight is 303 g/mol. The van der Waals surface area contributed by atoms with Gasteiger partial charge in [0, 0.05) is 0 Å². The van der Waals surface area contributed by atoms with Crippen LogP contribution in [0.1, 0.15) is 24.3 Å². The van der Waals surface area contributed by atoms with E-state index < -0.39 is 0 Å². The maximum Gasteiger partial charge on any atom is 0.231 e.